The summed E-state index contributed by atoms with van der Waals surface area (Å²) in [5, 5.41) is 3.30. The minimum Gasteiger partial charge on any atom is -0.489 e. The topological polar surface area (TPSA) is 76.6 Å². The van der Waals surface area contributed by atoms with Gasteiger partial charge in [-0.1, -0.05) is 23.7 Å². The third-order valence-electron chi connectivity index (χ3n) is 4.63. The fourth-order valence-electron chi connectivity index (χ4n) is 3.30. The van der Waals surface area contributed by atoms with E-state index in [-0.39, 0.29) is 24.2 Å². The van der Waals surface area contributed by atoms with Gasteiger partial charge in [-0.25, -0.2) is 9.97 Å². The van der Waals surface area contributed by atoms with Crippen LogP contribution in [-0.4, -0.2) is 41.2 Å². The van der Waals surface area contributed by atoms with E-state index in [1.165, 1.54) is 13.3 Å². The molecule has 0 unspecified atom stereocenters. The highest BCUT2D eigenvalue weighted by atomic mass is 35.5. The number of ether oxygens (including phenoxy) is 2. The first-order valence-electron chi connectivity index (χ1n) is 9.79. The minimum atomic E-state index is -0.0470. The van der Waals surface area contributed by atoms with Crippen molar-refractivity contribution in [1.82, 2.24) is 15.3 Å². The molecule has 1 aliphatic heterocycles. The highest BCUT2D eigenvalue weighted by molar-refractivity contribution is 6.34. The Balaban J connectivity index is 1.61. The van der Waals surface area contributed by atoms with Crippen LogP contribution in [0.2, 0.25) is 5.02 Å². The normalized spacial score (nSPS) is 17.3. The Morgan fingerprint density at radius 2 is 1.97 bits per heavy atom. The number of nitrogens with one attached hydrogen (secondary N) is 1. The minimum absolute atomic E-state index is 0.0127. The summed E-state index contributed by atoms with van der Waals surface area (Å²) in [5.74, 6) is 1.82. The fraction of sp³-hybridized carbons (Fsp3) is 0.476. The predicted molar refractivity (Wildman–Crippen MR) is 113 cm³/mol. The van der Waals surface area contributed by atoms with Gasteiger partial charge >= 0.3 is 0 Å². The molecule has 3 rings (SSSR count). The monoisotopic (exact) mass is 418 g/mol. The molecule has 1 aromatic carbocycles. The van der Waals surface area contributed by atoms with Crippen molar-refractivity contribution >= 4 is 23.3 Å². The van der Waals surface area contributed by atoms with E-state index in [0.717, 1.165) is 24.3 Å². The van der Waals surface area contributed by atoms with Gasteiger partial charge in [0.25, 0.3) is 0 Å². The molecule has 0 saturated carbocycles. The third kappa shape index (κ3) is 5.50. The Bertz CT molecular complexity index is 844. The van der Waals surface area contributed by atoms with Gasteiger partial charge in [0, 0.05) is 19.9 Å². The summed E-state index contributed by atoms with van der Waals surface area (Å²) >= 11 is 6.46. The number of halogens is 1. The van der Waals surface area contributed by atoms with Gasteiger partial charge in [-0.05, 0) is 38.5 Å². The van der Waals surface area contributed by atoms with Crippen LogP contribution < -0.4 is 19.7 Å². The van der Waals surface area contributed by atoms with E-state index in [1.807, 2.05) is 45.0 Å². The van der Waals surface area contributed by atoms with Crippen molar-refractivity contribution in [3.8, 4) is 11.6 Å². The molecule has 156 valence electrons. The van der Waals surface area contributed by atoms with Gasteiger partial charge < -0.3 is 19.7 Å². The van der Waals surface area contributed by atoms with Crippen LogP contribution in [0.4, 0.5) is 5.82 Å². The Labute approximate surface area is 176 Å². The first kappa shape index (κ1) is 21.2. The molecule has 2 atom stereocenters. The van der Waals surface area contributed by atoms with Gasteiger partial charge in [-0.3, -0.25) is 4.79 Å². The lowest BCUT2D eigenvalue weighted by molar-refractivity contribution is -0.119. The highest BCUT2D eigenvalue weighted by Gasteiger charge is 2.28. The Hall–Kier alpha value is -2.54. The van der Waals surface area contributed by atoms with Crippen molar-refractivity contribution in [1.29, 1.82) is 0 Å². The Morgan fingerprint density at radius 1 is 1.24 bits per heavy atom. The van der Waals surface area contributed by atoms with E-state index in [2.05, 4.69) is 20.2 Å². The SMILES string of the molecule is CC(=O)N[C@@H](C)c1ccc(O[C@@H]2CCN(c3ncnc(OC(C)C)c3Cl)C2)cc1. The first-order chi connectivity index (χ1) is 13.8. The predicted octanol–water partition coefficient (Wildman–Crippen LogP) is 3.77. The maximum Gasteiger partial charge on any atom is 0.238 e. The molecule has 0 bridgehead atoms. The Kier molecular flexibility index (Phi) is 6.79. The van der Waals surface area contributed by atoms with Gasteiger partial charge in [0.2, 0.25) is 11.8 Å². The number of hydrogen-bond acceptors (Lipinski definition) is 6. The molecular weight excluding hydrogens is 392 g/mol. The zero-order valence-corrected chi connectivity index (χ0v) is 17.9. The van der Waals surface area contributed by atoms with Crippen molar-refractivity contribution in [2.45, 2.75) is 52.4 Å². The van der Waals surface area contributed by atoms with E-state index < -0.39 is 0 Å². The smallest absolute Gasteiger partial charge is 0.238 e. The number of benzene rings is 1. The average molecular weight is 419 g/mol. The van der Waals surface area contributed by atoms with Crippen molar-refractivity contribution in [3.63, 3.8) is 0 Å². The molecule has 1 aliphatic rings. The lowest BCUT2D eigenvalue weighted by Crippen LogP contribution is -2.26. The van der Waals surface area contributed by atoms with Crippen molar-refractivity contribution < 1.29 is 14.3 Å². The molecule has 7 nitrogen and oxygen atoms in total. The van der Waals surface area contributed by atoms with Crippen molar-refractivity contribution in [2.75, 3.05) is 18.0 Å². The van der Waals surface area contributed by atoms with Crippen molar-refractivity contribution in [2.24, 2.45) is 0 Å². The van der Waals surface area contributed by atoms with Crippen LogP contribution in [0, 0.1) is 0 Å². The van der Waals surface area contributed by atoms with E-state index in [1.54, 1.807) is 0 Å². The summed E-state index contributed by atoms with van der Waals surface area (Å²) in [5.41, 5.74) is 1.03. The zero-order valence-electron chi connectivity index (χ0n) is 17.2. The average Bonchev–Trinajstić information content (AvgIpc) is 3.11. The van der Waals surface area contributed by atoms with Crippen LogP contribution in [0.3, 0.4) is 0 Å². The lowest BCUT2D eigenvalue weighted by Gasteiger charge is -2.20. The van der Waals surface area contributed by atoms with Crippen LogP contribution in [0.1, 0.15) is 45.7 Å². The van der Waals surface area contributed by atoms with Gasteiger partial charge in [0.1, 0.15) is 23.2 Å². The van der Waals surface area contributed by atoms with Gasteiger partial charge in [-0.15, -0.1) is 0 Å². The van der Waals surface area contributed by atoms with Crippen LogP contribution in [0.5, 0.6) is 11.6 Å². The van der Waals surface area contributed by atoms with Crippen LogP contribution in [0.15, 0.2) is 30.6 Å². The number of nitrogens with zero attached hydrogens (tertiary/aromatic N) is 3. The quantitative estimate of drug-likeness (QED) is 0.737. The number of amides is 1. The van der Waals surface area contributed by atoms with Gasteiger partial charge in [-0.2, -0.15) is 0 Å². The molecule has 0 aliphatic carbocycles. The summed E-state index contributed by atoms with van der Waals surface area (Å²) in [6, 6.07) is 7.77. The van der Waals surface area contributed by atoms with E-state index in [9.17, 15) is 4.79 Å². The lowest BCUT2D eigenvalue weighted by atomic mass is 10.1. The number of carbonyl (C=O) groups is 1. The number of hydrogen-bond donors (Lipinski definition) is 1. The number of aromatic nitrogens is 2. The molecule has 1 N–H and O–H groups in total. The second-order valence-corrected chi connectivity index (χ2v) is 7.83. The van der Waals surface area contributed by atoms with E-state index in [0.29, 0.717) is 23.3 Å². The van der Waals surface area contributed by atoms with Gasteiger partial charge in [0.15, 0.2) is 5.82 Å². The summed E-state index contributed by atoms with van der Waals surface area (Å²) < 4.78 is 11.8. The van der Waals surface area contributed by atoms with Crippen LogP contribution in [0.25, 0.3) is 0 Å². The molecule has 0 spiro atoms. The molecule has 2 aromatic rings. The number of anilines is 1. The van der Waals surface area contributed by atoms with Crippen LogP contribution in [-0.2, 0) is 4.79 Å². The largest absolute Gasteiger partial charge is 0.489 e. The standard InChI is InChI=1S/C21H27ClN4O3/c1-13(2)28-21-19(22)20(23-12-24-21)26-10-9-18(11-26)29-17-7-5-16(6-8-17)14(3)25-15(4)27/h5-8,12-14,18H,9-11H2,1-4H3,(H,25,27)/t14-,18+/m0/s1. The molecule has 8 heteroatoms. The molecule has 1 aromatic heterocycles. The summed E-state index contributed by atoms with van der Waals surface area (Å²) in [4.78, 5) is 21.8. The second-order valence-electron chi connectivity index (χ2n) is 7.45. The van der Waals surface area contributed by atoms with E-state index >= 15 is 0 Å². The number of rotatable bonds is 7. The fourth-order valence-corrected chi connectivity index (χ4v) is 3.57. The third-order valence-corrected chi connectivity index (χ3v) is 4.96. The molecule has 1 saturated heterocycles. The van der Waals surface area contributed by atoms with Gasteiger partial charge in [0.05, 0.1) is 18.7 Å². The zero-order chi connectivity index (χ0) is 21.0. The highest BCUT2D eigenvalue weighted by Crippen LogP contribution is 2.33. The molecule has 2 heterocycles. The second kappa shape index (κ2) is 9.31. The molecule has 29 heavy (non-hydrogen) atoms. The maximum atomic E-state index is 11.2. The van der Waals surface area contributed by atoms with Crippen LogP contribution >= 0.6 is 11.6 Å². The Morgan fingerprint density at radius 3 is 2.62 bits per heavy atom. The molecule has 0 radical (unpaired) electrons. The molecule has 1 fully saturated rings. The maximum absolute atomic E-state index is 11.2. The first-order valence-corrected chi connectivity index (χ1v) is 10.2. The summed E-state index contributed by atoms with van der Waals surface area (Å²) in [6.45, 7) is 8.80. The van der Waals surface area contributed by atoms with E-state index in [4.69, 9.17) is 21.1 Å². The number of carbonyl (C=O) groups excluding carboxylic acids is 1. The summed E-state index contributed by atoms with van der Waals surface area (Å²) in [7, 11) is 0. The summed E-state index contributed by atoms with van der Waals surface area (Å²) in [6.07, 6.45) is 2.36. The molecular formula is C21H27ClN4O3. The van der Waals surface area contributed by atoms with Crippen molar-refractivity contribution in [3.05, 3.63) is 41.2 Å². The molecule has 1 amide bonds.